The number of likely N-dealkylation sites (tertiary alicyclic amines) is 2. The Morgan fingerprint density at radius 1 is 0.970 bits per heavy atom. The number of Topliss-reactive ketones (excluding diaryl/α,β-unsaturated/α-hetero) is 1. The summed E-state index contributed by atoms with van der Waals surface area (Å²) in [5.74, 6) is -1.37. The highest BCUT2D eigenvalue weighted by Crippen LogP contribution is 2.40. The maximum Gasteiger partial charge on any atom is 0.295 e. The molecular formula is C27H31ClN2O3. The molecule has 2 aliphatic rings. The molecule has 2 fully saturated rings. The van der Waals surface area contributed by atoms with E-state index in [4.69, 9.17) is 11.6 Å². The van der Waals surface area contributed by atoms with Gasteiger partial charge in [-0.25, -0.2) is 0 Å². The summed E-state index contributed by atoms with van der Waals surface area (Å²) in [5, 5.41) is 11.7. The van der Waals surface area contributed by atoms with Gasteiger partial charge in [-0.2, -0.15) is 0 Å². The van der Waals surface area contributed by atoms with Gasteiger partial charge in [-0.05, 0) is 66.7 Å². The van der Waals surface area contributed by atoms with Gasteiger partial charge in [0.15, 0.2) is 0 Å². The van der Waals surface area contributed by atoms with Crippen molar-refractivity contribution < 1.29 is 14.7 Å². The maximum atomic E-state index is 13.2. The number of aliphatic hydroxyl groups excluding tert-OH is 1. The Hall–Kier alpha value is -2.63. The van der Waals surface area contributed by atoms with E-state index in [1.54, 1.807) is 29.2 Å². The molecule has 1 unspecified atom stereocenters. The Morgan fingerprint density at radius 2 is 1.58 bits per heavy atom. The normalized spacial score (nSPS) is 21.2. The number of halogens is 1. The number of nitrogens with zero attached hydrogens (tertiary/aromatic N) is 2. The Labute approximate surface area is 200 Å². The average molecular weight is 467 g/mol. The molecule has 2 aromatic rings. The molecule has 0 aliphatic carbocycles. The molecule has 2 aliphatic heterocycles. The predicted molar refractivity (Wildman–Crippen MR) is 131 cm³/mol. The lowest BCUT2D eigenvalue weighted by atomic mass is 9.85. The zero-order valence-electron chi connectivity index (χ0n) is 19.5. The number of hydrogen-bond acceptors (Lipinski definition) is 4. The van der Waals surface area contributed by atoms with E-state index >= 15 is 0 Å². The van der Waals surface area contributed by atoms with Crippen LogP contribution in [-0.4, -0.2) is 52.8 Å². The van der Waals surface area contributed by atoms with Crippen LogP contribution in [-0.2, 0) is 15.0 Å². The van der Waals surface area contributed by atoms with Gasteiger partial charge in [0.25, 0.3) is 11.7 Å². The molecule has 0 aromatic heterocycles. The number of aliphatic hydroxyl groups is 1. The summed E-state index contributed by atoms with van der Waals surface area (Å²) in [6.45, 7) is 9.61. The third-order valence-corrected chi connectivity index (χ3v) is 6.86. The largest absolute Gasteiger partial charge is 0.507 e. The van der Waals surface area contributed by atoms with Crippen molar-refractivity contribution in [3.05, 3.63) is 75.8 Å². The predicted octanol–water partition coefficient (Wildman–Crippen LogP) is 5.16. The van der Waals surface area contributed by atoms with Gasteiger partial charge in [-0.3, -0.25) is 9.59 Å². The fourth-order valence-electron chi connectivity index (χ4n) is 4.64. The van der Waals surface area contributed by atoms with Crippen LogP contribution in [0.2, 0.25) is 5.02 Å². The van der Waals surface area contributed by atoms with Crippen molar-refractivity contribution in [3.8, 4) is 0 Å². The van der Waals surface area contributed by atoms with Crippen molar-refractivity contribution in [2.24, 2.45) is 0 Å². The lowest BCUT2D eigenvalue weighted by molar-refractivity contribution is -0.140. The third-order valence-electron chi connectivity index (χ3n) is 6.61. The van der Waals surface area contributed by atoms with Crippen molar-refractivity contribution in [3.63, 3.8) is 0 Å². The number of hydrogen-bond donors (Lipinski definition) is 1. The summed E-state index contributed by atoms with van der Waals surface area (Å²) >= 11 is 6.00. The van der Waals surface area contributed by atoms with E-state index < -0.39 is 17.7 Å². The molecule has 0 radical (unpaired) electrons. The first-order chi connectivity index (χ1) is 15.7. The average Bonchev–Trinajstić information content (AvgIpc) is 3.39. The van der Waals surface area contributed by atoms with Crippen LogP contribution >= 0.6 is 11.6 Å². The monoisotopic (exact) mass is 466 g/mol. The topological polar surface area (TPSA) is 60.9 Å². The maximum absolute atomic E-state index is 13.2. The minimum atomic E-state index is -0.645. The Balaban J connectivity index is 1.76. The van der Waals surface area contributed by atoms with Crippen LogP contribution in [0.1, 0.15) is 56.3 Å². The van der Waals surface area contributed by atoms with Gasteiger partial charge in [0, 0.05) is 23.7 Å². The molecule has 4 rings (SSSR count). The van der Waals surface area contributed by atoms with Gasteiger partial charge in [0.1, 0.15) is 5.76 Å². The van der Waals surface area contributed by atoms with Gasteiger partial charge in [-0.1, -0.05) is 56.6 Å². The summed E-state index contributed by atoms with van der Waals surface area (Å²) in [7, 11) is 0. The molecule has 1 amide bonds. The highest BCUT2D eigenvalue weighted by molar-refractivity contribution is 6.46. The van der Waals surface area contributed by atoms with Crippen LogP contribution in [0.15, 0.2) is 54.1 Å². The number of rotatable bonds is 5. The zero-order chi connectivity index (χ0) is 23.8. The van der Waals surface area contributed by atoms with Gasteiger partial charge in [0.05, 0.1) is 11.6 Å². The first kappa shape index (κ1) is 23.5. The summed E-state index contributed by atoms with van der Waals surface area (Å²) < 4.78 is 0. The van der Waals surface area contributed by atoms with Crippen LogP contribution in [0.4, 0.5) is 0 Å². The van der Waals surface area contributed by atoms with E-state index in [0.717, 1.165) is 37.1 Å². The van der Waals surface area contributed by atoms with Crippen LogP contribution < -0.4 is 0 Å². The second-order valence-corrected chi connectivity index (χ2v) is 10.4. The molecule has 0 saturated carbocycles. The van der Waals surface area contributed by atoms with Crippen molar-refractivity contribution in [2.45, 2.75) is 45.1 Å². The molecular weight excluding hydrogens is 436 g/mol. The highest BCUT2D eigenvalue weighted by Gasteiger charge is 2.46. The molecule has 2 heterocycles. The molecule has 1 N–H and O–H groups in total. The van der Waals surface area contributed by atoms with Crippen molar-refractivity contribution in [2.75, 3.05) is 26.2 Å². The molecule has 2 aromatic carbocycles. The number of carbonyl (C=O) groups excluding carboxylic acids is 2. The molecule has 33 heavy (non-hydrogen) atoms. The molecule has 2 saturated heterocycles. The SMILES string of the molecule is CC(C)(C)c1ccc(C2/C(=C(\O)c3ccc(Cl)cc3)C(=O)C(=O)N2CCN2CCCC2)cc1. The number of ketones is 1. The quantitative estimate of drug-likeness (QED) is 0.376. The van der Waals surface area contributed by atoms with E-state index in [-0.39, 0.29) is 16.7 Å². The van der Waals surface area contributed by atoms with Crippen LogP contribution in [0.3, 0.4) is 0 Å². The second-order valence-electron chi connectivity index (χ2n) is 9.92. The van der Waals surface area contributed by atoms with Gasteiger partial charge in [0.2, 0.25) is 0 Å². The number of carbonyl (C=O) groups is 2. The van der Waals surface area contributed by atoms with E-state index in [1.165, 1.54) is 0 Å². The fourth-order valence-corrected chi connectivity index (χ4v) is 4.77. The van der Waals surface area contributed by atoms with E-state index in [9.17, 15) is 14.7 Å². The first-order valence-corrected chi connectivity index (χ1v) is 11.9. The molecule has 5 nitrogen and oxygen atoms in total. The molecule has 0 bridgehead atoms. The smallest absolute Gasteiger partial charge is 0.295 e. The lowest BCUT2D eigenvalue weighted by Gasteiger charge is -2.28. The summed E-state index contributed by atoms with van der Waals surface area (Å²) in [5.41, 5.74) is 2.57. The molecule has 1 atom stereocenters. The minimum absolute atomic E-state index is 0.0145. The van der Waals surface area contributed by atoms with Gasteiger partial charge in [-0.15, -0.1) is 0 Å². The van der Waals surface area contributed by atoms with E-state index in [2.05, 4.69) is 25.7 Å². The van der Waals surface area contributed by atoms with Crippen molar-refractivity contribution in [1.29, 1.82) is 0 Å². The van der Waals surface area contributed by atoms with E-state index in [1.807, 2.05) is 24.3 Å². The summed E-state index contributed by atoms with van der Waals surface area (Å²) in [6, 6.07) is 14.0. The van der Waals surface area contributed by atoms with Crippen LogP contribution in [0, 0.1) is 0 Å². The number of benzene rings is 2. The Kier molecular flexibility index (Phi) is 6.64. The second kappa shape index (κ2) is 9.32. The summed E-state index contributed by atoms with van der Waals surface area (Å²) in [6.07, 6.45) is 2.32. The number of amides is 1. The standard InChI is InChI=1S/C27H31ClN2O3/c1-27(2,3)20-10-6-18(7-11-20)23-22(24(31)19-8-12-21(28)13-9-19)25(32)26(33)30(23)17-16-29-14-4-5-15-29/h6-13,23,31H,4-5,14-17H2,1-3H3/b24-22+. The highest BCUT2D eigenvalue weighted by atomic mass is 35.5. The van der Waals surface area contributed by atoms with Crippen molar-refractivity contribution in [1.82, 2.24) is 9.80 Å². The van der Waals surface area contributed by atoms with Gasteiger partial charge >= 0.3 is 0 Å². The first-order valence-electron chi connectivity index (χ1n) is 11.5. The zero-order valence-corrected chi connectivity index (χ0v) is 20.2. The Morgan fingerprint density at radius 3 is 2.15 bits per heavy atom. The molecule has 174 valence electrons. The van der Waals surface area contributed by atoms with E-state index in [0.29, 0.717) is 23.7 Å². The molecule has 0 spiro atoms. The third kappa shape index (κ3) is 4.85. The Bertz CT molecular complexity index is 1060. The lowest BCUT2D eigenvalue weighted by Crippen LogP contribution is -2.37. The van der Waals surface area contributed by atoms with Gasteiger partial charge < -0.3 is 14.9 Å². The fraction of sp³-hybridized carbons (Fsp3) is 0.407. The van der Waals surface area contributed by atoms with Crippen LogP contribution in [0.25, 0.3) is 5.76 Å². The molecule has 6 heteroatoms. The van der Waals surface area contributed by atoms with Crippen LogP contribution in [0.5, 0.6) is 0 Å². The summed E-state index contributed by atoms with van der Waals surface area (Å²) in [4.78, 5) is 30.2. The minimum Gasteiger partial charge on any atom is -0.507 e. The van der Waals surface area contributed by atoms with Crippen molar-refractivity contribution >= 4 is 29.1 Å².